The molecule has 4 rings (SSSR count). The van der Waals surface area contributed by atoms with Crippen molar-refractivity contribution in [3.05, 3.63) is 114 Å². The van der Waals surface area contributed by atoms with Gasteiger partial charge >= 0.3 is 0 Å². The van der Waals surface area contributed by atoms with Crippen molar-refractivity contribution in [1.29, 1.82) is 0 Å². The van der Waals surface area contributed by atoms with E-state index in [9.17, 15) is 14.4 Å². The molecule has 0 aliphatic rings. The van der Waals surface area contributed by atoms with Crippen molar-refractivity contribution in [1.82, 2.24) is 15.1 Å². The SMILES string of the molecule is NC(=O)CNC(=O)c1ccc(NC(=O)/C=C/c2cn(Cc3ccccc3)nc2-c2ccccc2)cc1. The number of rotatable bonds is 9. The maximum absolute atomic E-state index is 12.6. The van der Waals surface area contributed by atoms with Gasteiger partial charge in [-0.1, -0.05) is 60.7 Å². The lowest BCUT2D eigenvalue weighted by Gasteiger charge is -2.05. The molecule has 0 saturated carbocycles. The maximum Gasteiger partial charge on any atom is 0.251 e. The summed E-state index contributed by atoms with van der Waals surface area (Å²) in [7, 11) is 0. The van der Waals surface area contributed by atoms with Crippen LogP contribution in [0, 0.1) is 0 Å². The van der Waals surface area contributed by atoms with Crippen molar-refractivity contribution in [2.24, 2.45) is 5.73 Å². The van der Waals surface area contributed by atoms with E-state index in [-0.39, 0.29) is 12.5 Å². The van der Waals surface area contributed by atoms with Gasteiger partial charge < -0.3 is 16.4 Å². The molecule has 0 bridgehead atoms. The highest BCUT2D eigenvalue weighted by molar-refractivity contribution is 6.03. The standard InChI is InChI=1S/C28H25N5O3/c29-25(34)17-30-28(36)22-11-14-24(15-12-22)31-26(35)16-13-23-19-33(18-20-7-3-1-4-8-20)32-27(23)21-9-5-2-6-10-21/h1-16,19H,17-18H2,(H2,29,34)(H,30,36)(H,31,35)/b16-13+. The van der Waals surface area contributed by atoms with Crippen LogP contribution in [0.3, 0.4) is 0 Å². The number of nitrogens with zero attached hydrogens (tertiary/aromatic N) is 2. The first-order valence-electron chi connectivity index (χ1n) is 11.3. The minimum Gasteiger partial charge on any atom is -0.368 e. The third-order valence-corrected chi connectivity index (χ3v) is 5.28. The molecule has 0 spiro atoms. The van der Waals surface area contributed by atoms with Crippen LogP contribution >= 0.6 is 0 Å². The summed E-state index contributed by atoms with van der Waals surface area (Å²) in [5.74, 6) is -1.37. The molecule has 4 aromatic rings. The normalized spacial score (nSPS) is 10.8. The van der Waals surface area contributed by atoms with Crippen LogP contribution in [0.15, 0.2) is 97.2 Å². The zero-order valence-corrected chi connectivity index (χ0v) is 19.4. The van der Waals surface area contributed by atoms with Gasteiger partial charge in [0.05, 0.1) is 18.8 Å². The Bertz CT molecular complexity index is 1380. The van der Waals surface area contributed by atoms with Crippen LogP contribution < -0.4 is 16.4 Å². The van der Waals surface area contributed by atoms with Crippen molar-refractivity contribution in [2.45, 2.75) is 6.54 Å². The average molecular weight is 480 g/mol. The van der Waals surface area contributed by atoms with E-state index in [0.29, 0.717) is 17.8 Å². The zero-order valence-electron chi connectivity index (χ0n) is 19.4. The molecule has 1 aromatic heterocycles. The third-order valence-electron chi connectivity index (χ3n) is 5.28. The fraction of sp³-hybridized carbons (Fsp3) is 0.0714. The lowest BCUT2D eigenvalue weighted by molar-refractivity contribution is -0.117. The Labute approximate surface area is 208 Å². The largest absolute Gasteiger partial charge is 0.368 e. The van der Waals surface area contributed by atoms with Gasteiger partial charge in [-0.3, -0.25) is 19.1 Å². The molecular weight excluding hydrogens is 454 g/mol. The fourth-order valence-corrected chi connectivity index (χ4v) is 3.55. The summed E-state index contributed by atoms with van der Waals surface area (Å²) in [6.45, 7) is 0.370. The van der Waals surface area contributed by atoms with E-state index in [1.165, 1.54) is 6.08 Å². The Hall–Kier alpha value is -4.98. The summed E-state index contributed by atoms with van der Waals surface area (Å²) in [5.41, 5.74) is 9.58. The van der Waals surface area contributed by atoms with Gasteiger partial charge in [0.2, 0.25) is 11.8 Å². The summed E-state index contributed by atoms with van der Waals surface area (Å²) in [6.07, 6.45) is 5.10. The highest BCUT2D eigenvalue weighted by Crippen LogP contribution is 2.23. The topological polar surface area (TPSA) is 119 Å². The van der Waals surface area contributed by atoms with Gasteiger partial charge in [-0.15, -0.1) is 0 Å². The molecule has 0 aliphatic carbocycles. The number of amides is 3. The van der Waals surface area contributed by atoms with Crippen LogP contribution in [0.5, 0.6) is 0 Å². The second kappa shape index (κ2) is 11.4. The molecule has 4 N–H and O–H groups in total. The fourth-order valence-electron chi connectivity index (χ4n) is 3.55. The van der Waals surface area contributed by atoms with Gasteiger partial charge in [-0.2, -0.15) is 5.10 Å². The van der Waals surface area contributed by atoms with Crippen LogP contribution in [0.2, 0.25) is 0 Å². The van der Waals surface area contributed by atoms with E-state index in [4.69, 9.17) is 10.8 Å². The molecule has 0 aliphatic heterocycles. The Morgan fingerprint density at radius 2 is 1.56 bits per heavy atom. The smallest absolute Gasteiger partial charge is 0.251 e. The van der Waals surface area contributed by atoms with Crippen molar-refractivity contribution in [3.8, 4) is 11.3 Å². The van der Waals surface area contributed by atoms with Crippen molar-refractivity contribution in [3.63, 3.8) is 0 Å². The average Bonchev–Trinajstić information content (AvgIpc) is 3.30. The Morgan fingerprint density at radius 3 is 2.22 bits per heavy atom. The van der Waals surface area contributed by atoms with Gasteiger partial charge in [-0.25, -0.2) is 0 Å². The van der Waals surface area contributed by atoms with Crippen molar-refractivity contribution >= 4 is 29.5 Å². The number of anilines is 1. The lowest BCUT2D eigenvalue weighted by atomic mass is 10.1. The Balaban J connectivity index is 1.46. The molecular formula is C28H25N5O3. The zero-order chi connectivity index (χ0) is 25.3. The first-order chi connectivity index (χ1) is 17.5. The van der Waals surface area contributed by atoms with Gasteiger partial charge in [0.25, 0.3) is 5.91 Å². The molecule has 1 heterocycles. The molecule has 0 fully saturated rings. The molecule has 0 unspecified atom stereocenters. The molecule has 8 heteroatoms. The second-order valence-corrected chi connectivity index (χ2v) is 8.03. The number of benzene rings is 3. The molecule has 3 amide bonds. The van der Waals surface area contributed by atoms with E-state index >= 15 is 0 Å². The Morgan fingerprint density at radius 1 is 0.889 bits per heavy atom. The van der Waals surface area contributed by atoms with Crippen LogP contribution in [0.25, 0.3) is 17.3 Å². The number of hydrogen-bond acceptors (Lipinski definition) is 4. The third kappa shape index (κ3) is 6.54. The van der Waals surface area contributed by atoms with Crippen molar-refractivity contribution in [2.75, 3.05) is 11.9 Å². The predicted molar refractivity (Wildman–Crippen MR) is 139 cm³/mol. The highest BCUT2D eigenvalue weighted by Gasteiger charge is 2.11. The molecule has 36 heavy (non-hydrogen) atoms. The van der Waals surface area contributed by atoms with E-state index in [1.54, 1.807) is 30.3 Å². The maximum atomic E-state index is 12.6. The minimum atomic E-state index is -0.625. The van der Waals surface area contributed by atoms with Crippen LogP contribution in [0.4, 0.5) is 5.69 Å². The molecule has 0 radical (unpaired) electrons. The summed E-state index contributed by atoms with van der Waals surface area (Å²) in [5, 5.41) is 9.95. The Kier molecular flexibility index (Phi) is 7.67. The number of nitrogens with one attached hydrogen (secondary N) is 2. The van der Waals surface area contributed by atoms with Gasteiger partial charge in [-0.05, 0) is 35.9 Å². The quantitative estimate of drug-likeness (QED) is 0.319. The van der Waals surface area contributed by atoms with E-state index < -0.39 is 11.8 Å². The lowest BCUT2D eigenvalue weighted by Crippen LogP contribution is -2.33. The summed E-state index contributed by atoms with van der Waals surface area (Å²) in [6, 6.07) is 26.2. The van der Waals surface area contributed by atoms with Crippen molar-refractivity contribution < 1.29 is 14.4 Å². The number of carbonyl (C=O) groups excluding carboxylic acids is 3. The van der Waals surface area contributed by atoms with Crippen LogP contribution in [-0.2, 0) is 16.1 Å². The first-order valence-corrected chi connectivity index (χ1v) is 11.3. The van der Waals surface area contributed by atoms with Gasteiger partial charge in [0.15, 0.2) is 0 Å². The number of carbonyl (C=O) groups is 3. The highest BCUT2D eigenvalue weighted by atomic mass is 16.2. The number of hydrogen-bond donors (Lipinski definition) is 3. The summed E-state index contributed by atoms with van der Waals surface area (Å²) < 4.78 is 1.86. The van der Waals surface area contributed by atoms with Crippen LogP contribution in [0.1, 0.15) is 21.5 Å². The molecule has 0 saturated heterocycles. The molecule has 180 valence electrons. The number of nitrogens with two attached hydrogens (primary N) is 1. The summed E-state index contributed by atoms with van der Waals surface area (Å²) in [4.78, 5) is 35.4. The minimum absolute atomic E-state index is 0.241. The number of primary amides is 1. The first kappa shape index (κ1) is 24.2. The van der Waals surface area contributed by atoms with Crippen LogP contribution in [-0.4, -0.2) is 34.0 Å². The summed E-state index contributed by atoms with van der Waals surface area (Å²) >= 11 is 0. The molecule has 8 nitrogen and oxygen atoms in total. The monoisotopic (exact) mass is 479 g/mol. The second-order valence-electron chi connectivity index (χ2n) is 8.03. The van der Waals surface area contributed by atoms with Gasteiger partial charge in [0, 0.05) is 34.7 Å². The van der Waals surface area contributed by atoms with E-state index in [1.807, 2.05) is 71.5 Å². The predicted octanol–water partition coefficient (Wildman–Crippen LogP) is 3.47. The van der Waals surface area contributed by atoms with Gasteiger partial charge in [0.1, 0.15) is 0 Å². The van der Waals surface area contributed by atoms with E-state index in [0.717, 1.165) is 22.4 Å². The number of aromatic nitrogens is 2. The molecule has 0 atom stereocenters. The van der Waals surface area contributed by atoms with E-state index in [2.05, 4.69) is 10.6 Å². The molecule has 3 aromatic carbocycles.